The predicted molar refractivity (Wildman–Crippen MR) is 43.2 cm³/mol. The molecular weight excluding hydrogens is 150 g/mol. The van der Waals surface area contributed by atoms with Gasteiger partial charge in [-0.3, -0.25) is 4.79 Å². The summed E-state index contributed by atoms with van der Waals surface area (Å²) in [6.07, 6.45) is 1.74. The molecule has 0 N–H and O–H groups in total. The molecule has 0 heterocycles. The van der Waals surface area contributed by atoms with Crippen LogP contribution in [0.4, 0.5) is 0 Å². The first-order valence-corrected chi connectivity index (χ1v) is 4.06. The SMILES string of the molecule is CCN(C=O)C(C)CCCl. The molecule has 0 rings (SSSR count). The van der Waals surface area contributed by atoms with Gasteiger partial charge in [0, 0.05) is 18.5 Å². The first-order valence-electron chi connectivity index (χ1n) is 3.53. The van der Waals surface area contributed by atoms with E-state index in [2.05, 4.69) is 0 Å². The molecule has 1 amide bonds. The Morgan fingerprint density at radius 1 is 1.70 bits per heavy atom. The largest absolute Gasteiger partial charge is 0.343 e. The molecule has 0 aromatic heterocycles. The number of amides is 1. The van der Waals surface area contributed by atoms with Crippen molar-refractivity contribution in [3.05, 3.63) is 0 Å². The molecule has 60 valence electrons. The van der Waals surface area contributed by atoms with Gasteiger partial charge in [0.2, 0.25) is 6.41 Å². The Morgan fingerprint density at radius 2 is 2.30 bits per heavy atom. The number of alkyl halides is 1. The Hall–Kier alpha value is -0.240. The minimum absolute atomic E-state index is 0.278. The quantitative estimate of drug-likeness (QED) is 0.444. The fraction of sp³-hybridized carbons (Fsp3) is 0.857. The Balaban J connectivity index is 3.63. The van der Waals surface area contributed by atoms with Crippen LogP contribution >= 0.6 is 11.6 Å². The van der Waals surface area contributed by atoms with Gasteiger partial charge in [0.25, 0.3) is 0 Å². The molecule has 0 saturated carbocycles. The average Bonchev–Trinajstić information content (AvgIpc) is 1.91. The summed E-state index contributed by atoms with van der Waals surface area (Å²) in [6.45, 7) is 4.72. The van der Waals surface area contributed by atoms with Crippen molar-refractivity contribution in [2.24, 2.45) is 0 Å². The molecule has 0 bridgehead atoms. The predicted octanol–water partition coefficient (Wildman–Crippen LogP) is 1.48. The molecule has 10 heavy (non-hydrogen) atoms. The van der Waals surface area contributed by atoms with E-state index in [0.717, 1.165) is 19.4 Å². The van der Waals surface area contributed by atoms with E-state index in [4.69, 9.17) is 11.6 Å². The highest BCUT2D eigenvalue weighted by molar-refractivity contribution is 6.17. The third kappa shape index (κ3) is 3.06. The lowest BCUT2D eigenvalue weighted by atomic mass is 10.2. The normalized spacial score (nSPS) is 12.7. The number of carbonyl (C=O) groups is 1. The van der Waals surface area contributed by atoms with Gasteiger partial charge in [0.1, 0.15) is 0 Å². The summed E-state index contributed by atoms with van der Waals surface area (Å²) in [7, 11) is 0. The zero-order valence-electron chi connectivity index (χ0n) is 6.51. The molecule has 0 aliphatic rings. The van der Waals surface area contributed by atoms with Gasteiger partial charge in [-0.15, -0.1) is 11.6 Å². The van der Waals surface area contributed by atoms with E-state index in [9.17, 15) is 4.79 Å². The summed E-state index contributed by atoms with van der Waals surface area (Å²) in [6, 6.07) is 0.278. The van der Waals surface area contributed by atoms with Crippen LogP contribution in [-0.4, -0.2) is 29.8 Å². The standard InChI is InChI=1S/C7H14ClNO/c1-3-9(6-10)7(2)4-5-8/h6-7H,3-5H2,1-2H3. The molecule has 0 radical (unpaired) electrons. The smallest absolute Gasteiger partial charge is 0.209 e. The van der Waals surface area contributed by atoms with E-state index in [-0.39, 0.29) is 6.04 Å². The Morgan fingerprint density at radius 3 is 2.60 bits per heavy atom. The topological polar surface area (TPSA) is 20.3 Å². The summed E-state index contributed by atoms with van der Waals surface area (Å²) in [5.74, 6) is 0.617. The van der Waals surface area contributed by atoms with Crippen LogP contribution in [0.5, 0.6) is 0 Å². The van der Waals surface area contributed by atoms with Crippen molar-refractivity contribution < 1.29 is 4.79 Å². The minimum Gasteiger partial charge on any atom is -0.343 e. The number of hydrogen-bond acceptors (Lipinski definition) is 1. The van der Waals surface area contributed by atoms with Crippen LogP contribution in [0.1, 0.15) is 20.3 Å². The summed E-state index contributed by atoms with van der Waals surface area (Å²) >= 11 is 5.51. The van der Waals surface area contributed by atoms with E-state index in [1.165, 1.54) is 0 Å². The van der Waals surface area contributed by atoms with Gasteiger partial charge in [-0.05, 0) is 20.3 Å². The van der Waals surface area contributed by atoms with Gasteiger partial charge in [0.15, 0.2) is 0 Å². The Bertz CT molecular complexity index is 97.6. The molecule has 0 aliphatic carbocycles. The van der Waals surface area contributed by atoms with Crippen molar-refractivity contribution >= 4 is 18.0 Å². The minimum atomic E-state index is 0.278. The van der Waals surface area contributed by atoms with Crippen LogP contribution in [0, 0.1) is 0 Å². The van der Waals surface area contributed by atoms with Gasteiger partial charge >= 0.3 is 0 Å². The lowest BCUT2D eigenvalue weighted by Gasteiger charge is -2.22. The number of halogens is 1. The Labute approximate surface area is 67.2 Å². The van der Waals surface area contributed by atoms with E-state index < -0.39 is 0 Å². The number of nitrogens with zero attached hydrogens (tertiary/aromatic N) is 1. The van der Waals surface area contributed by atoms with Gasteiger partial charge < -0.3 is 4.90 Å². The van der Waals surface area contributed by atoms with Crippen LogP contribution < -0.4 is 0 Å². The van der Waals surface area contributed by atoms with Gasteiger partial charge in [-0.2, -0.15) is 0 Å². The maximum absolute atomic E-state index is 10.3. The fourth-order valence-corrected chi connectivity index (χ4v) is 1.13. The second kappa shape index (κ2) is 5.54. The maximum Gasteiger partial charge on any atom is 0.209 e. The summed E-state index contributed by atoms with van der Waals surface area (Å²) in [5, 5.41) is 0. The molecule has 0 saturated heterocycles. The second-order valence-corrected chi connectivity index (χ2v) is 2.64. The third-order valence-electron chi connectivity index (χ3n) is 1.59. The number of hydrogen-bond donors (Lipinski definition) is 0. The van der Waals surface area contributed by atoms with Crippen molar-refractivity contribution in [2.75, 3.05) is 12.4 Å². The summed E-state index contributed by atoms with van der Waals surface area (Å²) in [5.41, 5.74) is 0. The molecule has 0 aromatic carbocycles. The molecule has 0 aliphatic heterocycles. The van der Waals surface area contributed by atoms with E-state index in [1.807, 2.05) is 13.8 Å². The van der Waals surface area contributed by atoms with Gasteiger partial charge in [-0.1, -0.05) is 0 Å². The van der Waals surface area contributed by atoms with E-state index >= 15 is 0 Å². The van der Waals surface area contributed by atoms with E-state index in [0.29, 0.717) is 5.88 Å². The fourth-order valence-electron chi connectivity index (χ4n) is 0.814. The molecule has 0 aromatic rings. The maximum atomic E-state index is 10.3. The van der Waals surface area contributed by atoms with Crippen molar-refractivity contribution in [3.63, 3.8) is 0 Å². The number of carbonyl (C=O) groups excluding carboxylic acids is 1. The summed E-state index contributed by atoms with van der Waals surface area (Å²) in [4.78, 5) is 12.1. The molecule has 3 heteroatoms. The molecule has 1 unspecified atom stereocenters. The molecule has 0 fully saturated rings. The highest BCUT2D eigenvalue weighted by atomic mass is 35.5. The average molecular weight is 164 g/mol. The highest BCUT2D eigenvalue weighted by Gasteiger charge is 2.07. The van der Waals surface area contributed by atoms with Crippen LogP contribution in [0.3, 0.4) is 0 Å². The summed E-state index contributed by atoms with van der Waals surface area (Å²) < 4.78 is 0. The Kier molecular flexibility index (Phi) is 5.40. The van der Waals surface area contributed by atoms with Crippen LogP contribution in [0.15, 0.2) is 0 Å². The first-order chi connectivity index (χ1) is 4.76. The van der Waals surface area contributed by atoms with Crippen LogP contribution in [-0.2, 0) is 4.79 Å². The first kappa shape index (κ1) is 9.76. The van der Waals surface area contributed by atoms with E-state index in [1.54, 1.807) is 4.90 Å². The molecule has 0 spiro atoms. The molecule has 1 atom stereocenters. The van der Waals surface area contributed by atoms with Crippen molar-refractivity contribution in [2.45, 2.75) is 26.3 Å². The van der Waals surface area contributed by atoms with Crippen LogP contribution in [0.25, 0.3) is 0 Å². The lowest BCUT2D eigenvalue weighted by molar-refractivity contribution is -0.119. The second-order valence-electron chi connectivity index (χ2n) is 2.26. The molecule has 2 nitrogen and oxygen atoms in total. The number of rotatable bonds is 5. The zero-order valence-corrected chi connectivity index (χ0v) is 7.27. The third-order valence-corrected chi connectivity index (χ3v) is 1.81. The van der Waals surface area contributed by atoms with Crippen LogP contribution in [0.2, 0.25) is 0 Å². The van der Waals surface area contributed by atoms with Crippen molar-refractivity contribution in [3.8, 4) is 0 Å². The van der Waals surface area contributed by atoms with Gasteiger partial charge in [-0.25, -0.2) is 0 Å². The zero-order chi connectivity index (χ0) is 7.98. The van der Waals surface area contributed by atoms with Crippen molar-refractivity contribution in [1.82, 2.24) is 4.90 Å². The monoisotopic (exact) mass is 163 g/mol. The highest BCUT2D eigenvalue weighted by Crippen LogP contribution is 2.01. The molecular formula is C7H14ClNO. The van der Waals surface area contributed by atoms with Gasteiger partial charge in [0.05, 0.1) is 0 Å². The lowest BCUT2D eigenvalue weighted by Crippen LogP contribution is -2.31. The van der Waals surface area contributed by atoms with Crippen molar-refractivity contribution in [1.29, 1.82) is 0 Å².